The van der Waals surface area contributed by atoms with Crippen LogP contribution in [0, 0.1) is 12.7 Å². The number of carbonyl (C=O) groups excluding carboxylic acids is 2. The first-order valence-electron chi connectivity index (χ1n) is 12.1. The van der Waals surface area contributed by atoms with Gasteiger partial charge in [0.2, 0.25) is 10.0 Å². The lowest BCUT2D eigenvalue weighted by Gasteiger charge is -2.23. The summed E-state index contributed by atoms with van der Waals surface area (Å²) >= 11 is 0. The van der Waals surface area contributed by atoms with Crippen LogP contribution in [-0.2, 0) is 27.8 Å². The Morgan fingerprint density at radius 2 is 1.38 bits per heavy atom. The van der Waals surface area contributed by atoms with Gasteiger partial charge in [-0.15, -0.1) is 0 Å². The minimum Gasteiger partial charge on any atom is -0.441 e. The first kappa shape index (κ1) is 27.7. The number of hydrogen-bond acceptors (Lipinski definition) is 5. The lowest BCUT2D eigenvalue weighted by Crippen LogP contribution is -2.30. The minimum atomic E-state index is -3.91. The van der Waals surface area contributed by atoms with Crippen molar-refractivity contribution in [3.63, 3.8) is 0 Å². The molecule has 1 amide bonds. The van der Waals surface area contributed by atoms with Gasteiger partial charge >= 0.3 is 6.09 Å². The summed E-state index contributed by atoms with van der Waals surface area (Å²) in [6.07, 6.45) is -0.914. The molecule has 0 atom stereocenters. The van der Waals surface area contributed by atoms with Crippen LogP contribution in [-0.4, -0.2) is 31.2 Å². The maximum Gasteiger partial charge on any atom is 0.412 e. The molecule has 0 unspecified atom stereocenters. The molecule has 0 bridgehead atoms. The second kappa shape index (κ2) is 12.5. The van der Waals surface area contributed by atoms with E-state index in [4.69, 9.17) is 4.74 Å². The molecule has 0 fully saturated rings. The summed E-state index contributed by atoms with van der Waals surface area (Å²) in [6.45, 7) is 1.37. The van der Waals surface area contributed by atoms with E-state index >= 15 is 0 Å². The minimum absolute atomic E-state index is 0.0333. The molecule has 7 nitrogen and oxygen atoms in total. The molecule has 0 radical (unpaired) electrons. The van der Waals surface area contributed by atoms with Crippen LogP contribution in [0.1, 0.15) is 27.0 Å². The van der Waals surface area contributed by atoms with E-state index in [2.05, 4.69) is 5.32 Å². The molecule has 39 heavy (non-hydrogen) atoms. The van der Waals surface area contributed by atoms with Gasteiger partial charge in [0.05, 0.1) is 4.90 Å². The molecule has 4 rings (SSSR count). The van der Waals surface area contributed by atoms with Crippen LogP contribution in [0.15, 0.2) is 108 Å². The Hall–Kier alpha value is -4.34. The summed E-state index contributed by atoms with van der Waals surface area (Å²) in [5.74, 6) is -1.00. The van der Waals surface area contributed by atoms with Crippen LogP contribution < -0.4 is 5.32 Å². The summed E-state index contributed by atoms with van der Waals surface area (Å²) in [4.78, 5) is 24.6. The van der Waals surface area contributed by atoms with Gasteiger partial charge in [-0.2, -0.15) is 4.31 Å². The zero-order valence-corrected chi connectivity index (χ0v) is 22.0. The van der Waals surface area contributed by atoms with Crippen LogP contribution in [0.5, 0.6) is 0 Å². The smallest absolute Gasteiger partial charge is 0.412 e. The van der Waals surface area contributed by atoms with Crippen molar-refractivity contribution in [1.29, 1.82) is 0 Å². The number of rotatable bonds is 10. The van der Waals surface area contributed by atoms with Gasteiger partial charge in [0.15, 0.2) is 12.4 Å². The van der Waals surface area contributed by atoms with E-state index in [1.165, 1.54) is 40.7 Å². The Morgan fingerprint density at radius 3 is 1.92 bits per heavy atom. The van der Waals surface area contributed by atoms with Crippen LogP contribution in [0.2, 0.25) is 0 Å². The molecular formula is C30H27FN2O5S. The number of Topliss-reactive ketones (excluding diaryl/α,β-unsaturated/α-hetero) is 1. The molecule has 4 aromatic rings. The summed E-state index contributed by atoms with van der Waals surface area (Å²) in [7, 11) is -3.91. The maximum atomic E-state index is 13.7. The maximum absolute atomic E-state index is 13.7. The van der Waals surface area contributed by atoms with Crippen molar-refractivity contribution in [2.75, 3.05) is 11.9 Å². The number of nitrogens with one attached hydrogen (secondary N) is 1. The highest BCUT2D eigenvalue weighted by Crippen LogP contribution is 2.22. The normalized spacial score (nSPS) is 11.3. The van der Waals surface area contributed by atoms with Crippen molar-refractivity contribution < 1.29 is 27.1 Å². The lowest BCUT2D eigenvalue weighted by molar-refractivity contribution is 0.0863. The lowest BCUT2D eigenvalue weighted by atomic mass is 10.1. The topological polar surface area (TPSA) is 92.8 Å². The van der Waals surface area contributed by atoms with Gasteiger partial charge < -0.3 is 4.74 Å². The number of carbonyl (C=O) groups is 2. The third-order valence-electron chi connectivity index (χ3n) is 5.97. The average molecular weight is 547 g/mol. The molecule has 0 heterocycles. The third-order valence-corrected chi connectivity index (χ3v) is 7.78. The molecule has 9 heteroatoms. The second-order valence-electron chi connectivity index (χ2n) is 8.86. The SMILES string of the molecule is Cc1ccc(NC(=O)OCC(=O)c2ccc(S(=O)(=O)N(Cc3ccccc3)Cc3ccccc3)cc2)cc1F. The van der Waals surface area contributed by atoms with Crippen molar-refractivity contribution in [3.8, 4) is 0 Å². The monoisotopic (exact) mass is 546 g/mol. The van der Waals surface area contributed by atoms with Crippen LogP contribution in [0.3, 0.4) is 0 Å². The summed E-state index contributed by atoms with van der Waals surface area (Å²) in [5, 5.41) is 2.36. The quantitative estimate of drug-likeness (QED) is 0.248. The van der Waals surface area contributed by atoms with E-state index in [0.29, 0.717) is 5.56 Å². The van der Waals surface area contributed by atoms with Crippen molar-refractivity contribution in [2.45, 2.75) is 24.9 Å². The Labute approximate surface area is 226 Å². The number of ketones is 1. The van der Waals surface area contributed by atoms with Gasteiger partial charge in [-0.05, 0) is 60.0 Å². The Balaban J connectivity index is 1.43. The molecular weight excluding hydrogens is 519 g/mol. The zero-order chi connectivity index (χ0) is 27.8. The number of sulfonamides is 1. The second-order valence-corrected chi connectivity index (χ2v) is 10.8. The molecule has 0 aliphatic heterocycles. The number of halogens is 1. The number of amides is 1. The first-order chi connectivity index (χ1) is 18.7. The fourth-order valence-electron chi connectivity index (χ4n) is 3.80. The van der Waals surface area contributed by atoms with Crippen molar-refractivity contribution in [1.82, 2.24) is 4.31 Å². The van der Waals surface area contributed by atoms with Crippen molar-refractivity contribution in [3.05, 3.63) is 131 Å². The predicted molar refractivity (Wildman–Crippen MR) is 146 cm³/mol. The molecule has 0 aromatic heterocycles. The number of hydrogen-bond donors (Lipinski definition) is 1. The molecule has 0 saturated carbocycles. The summed E-state index contributed by atoms with van der Waals surface area (Å²) in [5.41, 5.74) is 2.49. The molecule has 0 aliphatic rings. The van der Waals surface area contributed by atoms with Gasteiger partial charge in [-0.1, -0.05) is 66.7 Å². The van der Waals surface area contributed by atoms with Crippen molar-refractivity contribution >= 4 is 27.6 Å². The van der Waals surface area contributed by atoms with E-state index in [-0.39, 0.29) is 29.2 Å². The fraction of sp³-hybridized carbons (Fsp3) is 0.133. The standard InChI is InChI=1S/C30H27FN2O5S/c1-22-12-15-26(18-28(22)31)32-30(35)38-21-29(34)25-13-16-27(17-14-25)39(36,37)33(19-23-8-4-2-5-9-23)20-24-10-6-3-7-11-24/h2-18H,19-21H2,1H3,(H,32,35). The van der Waals surface area contributed by atoms with Crippen molar-refractivity contribution in [2.24, 2.45) is 0 Å². The summed E-state index contributed by atoms with van der Waals surface area (Å²) in [6, 6.07) is 28.2. The number of ether oxygens (including phenoxy) is 1. The molecule has 0 spiro atoms. The van der Waals surface area contributed by atoms with Gasteiger partial charge in [-0.3, -0.25) is 10.1 Å². The molecule has 200 valence electrons. The van der Waals surface area contributed by atoms with E-state index in [1.807, 2.05) is 60.7 Å². The van der Waals surface area contributed by atoms with Crippen LogP contribution in [0.25, 0.3) is 0 Å². The first-order valence-corrected chi connectivity index (χ1v) is 13.6. The van der Waals surface area contributed by atoms with E-state index in [1.54, 1.807) is 6.92 Å². The Morgan fingerprint density at radius 1 is 0.821 bits per heavy atom. The molecule has 0 aliphatic carbocycles. The van der Waals surface area contributed by atoms with Gasteiger partial charge in [0.25, 0.3) is 0 Å². The molecule has 1 N–H and O–H groups in total. The number of anilines is 1. The zero-order valence-electron chi connectivity index (χ0n) is 21.2. The highest BCUT2D eigenvalue weighted by atomic mass is 32.2. The van der Waals surface area contributed by atoms with Gasteiger partial charge in [0.1, 0.15) is 5.82 Å². The Bertz CT molecular complexity index is 1500. The largest absolute Gasteiger partial charge is 0.441 e. The molecule has 0 saturated heterocycles. The van der Waals surface area contributed by atoms with Crippen LogP contribution >= 0.6 is 0 Å². The van der Waals surface area contributed by atoms with Gasteiger partial charge in [0, 0.05) is 24.3 Å². The average Bonchev–Trinajstić information content (AvgIpc) is 2.94. The number of nitrogens with zero attached hydrogens (tertiary/aromatic N) is 1. The summed E-state index contributed by atoms with van der Waals surface area (Å²) < 4.78 is 47.2. The van der Waals surface area contributed by atoms with E-state index in [0.717, 1.165) is 17.2 Å². The Kier molecular flexibility index (Phi) is 8.85. The highest BCUT2D eigenvalue weighted by Gasteiger charge is 2.25. The number of benzene rings is 4. The third kappa shape index (κ3) is 7.37. The molecule has 4 aromatic carbocycles. The van der Waals surface area contributed by atoms with Gasteiger partial charge in [-0.25, -0.2) is 17.6 Å². The number of aryl methyl sites for hydroxylation is 1. The predicted octanol–water partition coefficient (Wildman–Crippen LogP) is 5.96. The fourth-order valence-corrected chi connectivity index (χ4v) is 5.22. The highest BCUT2D eigenvalue weighted by molar-refractivity contribution is 7.89. The van der Waals surface area contributed by atoms with E-state index < -0.39 is 34.3 Å². The van der Waals surface area contributed by atoms with E-state index in [9.17, 15) is 22.4 Å². The van der Waals surface area contributed by atoms with Crippen LogP contribution in [0.4, 0.5) is 14.9 Å².